The molecule has 1 aliphatic carbocycles. The number of aryl methyl sites for hydroxylation is 2. The average molecular weight is 680 g/mol. The van der Waals surface area contributed by atoms with E-state index in [4.69, 9.17) is 14.7 Å². The highest BCUT2D eigenvalue weighted by atomic mass is 32.2. The molecule has 0 bridgehead atoms. The number of hydrogen-bond acceptors (Lipinski definition) is 4. The van der Waals surface area contributed by atoms with E-state index in [1.165, 1.54) is 10.9 Å². The van der Waals surface area contributed by atoms with Crippen LogP contribution in [0, 0.1) is 20.8 Å². The number of aliphatic imine (C=N–C) groups is 1. The van der Waals surface area contributed by atoms with Gasteiger partial charge in [-0.2, -0.15) is 0 Å². The molecule has 8 rings (SSSR count). The Balaban J connectivity index is 1.21. The molecule has 0 fully saturated rings. The first-order chi connectivity index (χ1) is 24.4. The predicted octanol–water partition coefficient (Wildman–Crippen LogP) is 12.0. The van der Waals surface area contributed by atoms with E-state index in [2.05, 4.69) is 133 Å². The van der Waals surface area contributed by atoms with Crippen LogP contribution < -0.4 is 4.74 Å². The number of rotatable bonds is 5. The first kappa shape index (κ1) is 30.5. The Morgan fingerprint density at radius 1 is 0.900 bits per heavy atom. The van der Waals surface area contributed by atoms with Gasteiger partial charge in [-0.05, 0) is 146 Å². The predicted molar refractivity (Wildman–Crippen MR) is 212 cm³/mol. The Bertz CT molecular complexity index is 2490. The van der Waals surface area contributed by atoms with Crippen LogP contribution >= 0.6 is 11.8 Å². The second kappa shape index (κ2) is 11.3. The zero-order valence-electron chi connectivity index (χ0n) is 32.8. The molecule has 0 unspecified atom stereocenters. The summed E-state index contributed by atoms with van der Waals surface area (Å²) in [6.07, 6.45) is 0.241. The van der Waals surface area contributed by atoms with Gasteiger partial charge in [0, 0.05) is 31.3 Å². The summed E-state index contributed by atoms with van der Waals surface area (Å²) in [6, 6.07) is 27.9. The van der Waals surface area contributed by atoms with Crippen LogP contribution in [0.3, 0.4) is 0 Å². The van der Waals surface area contributed by atoms with Crippen molar-refractivity contribution in [2.24, 2.45) is 4.99 Å². The molecule has 0 spiro atoms. The van der Waals surface area contributed by atoms with Crippen molar-refractivity contribution in [2.75, 3.05) is 0 Å². The highest BCUT2D eigenvalue weighted by Crippen LogP contribution is 2.60. The van der Waals surface area contributed by atoms with Crippen molar-refractivity contribution in [1.82, 2.24) is 9.55 Å². The number of ether oxygens (including phenoxy) is 1. The Kier molecular flexibility index (Phi) is 6.91. The molecular formula is C45H47N3OS. The van der Waals surface area contributed by atoms with Gasteiger partial charge in [-0.1, -0.05) is 64.6 Å². The lowest BCUT2D eigenvalue weighted by Crippen LogP contribution is -2.36. The van der Waals surface area contributed by atoms with Gasteiger partial charge < -0.3 is 4.74 Å². The zero-order valence-corrected chi connectivity index (χ0v) is 31.6. The molecule has 4 nitrogen and oxygen atoms in total. The summed E-state index contributed by atoms with van der Waals surface area (Å²) in [7, 11) is 0. The van der Waals surface area contributed by atoms with E-state index < -0.39 is 16.7 Å². The number of nitrogens with zero attached hydrogens (tertiary/aromatic N) is 3. The van der Waals surface area contributed by atoms with Gasteiger partial charge >= 0.3 is 0 Å². The second-order valence-electron chi connectivity index (χ2n) is 15.9. The molecule has 3 heterocycles. The van der Waals surface area contributed by atoms with Gasteiger partial charge in [-0.15, -0.1) is 0 Å². The van der Waals surface area contributed by atoms with Gasteiger partial charge in [0.25, 0.3) is 0 Å². The molecular weight excluding hydrogens is 631 g/mol. The molecule has 2 aliphatic rings. The standard InChI is InChI=1S/C45H47N3OS/c1-26(2)30-20-31(42-47-44(9)25-38-29(5)28(4)13-15-39(38)45(44,10)50-42)22-35(21-30)49-34-19-27(3)18-33(24-34)48-40-16-14-32(43(6,7)8)23-37(40)36-12-11-17-46-41(36)48/h11-24,26H,25H2,1-10H3/t44-,45+/m1/s1/i25D2. The SMILES string of the molecule is [2H]C1([2H])c2c(ccc(C)c2C)[C@]2(C)SC(c3cc(Oc4cc(C)cc(-n5c6ccc(C(C)(C)C)cc6c6cccnc65)c4)cc(C(C)C)c3)=N[C@]12C. The molecule has 2 atom stereocenters. The fourth-order valence-electron chi connectivity index (χ4n) is 7.60. The summed E-state index contributed by atoms with van der Waals surface area (Å²) < 4.78 is 27.4. The number of fused-ring (bicyclic) bond motifs is 6. The largest absolute Gasteiger partial charge is 0.457 e. The molecule has 1 aliphatic heterocycles. The second-order valence-corrected chi connectivity index (χ2v) is 17.3. The molecule has 254 valence electrons. The van der Waals surface area contributed by atoms with Crippen molar-refractivity contribution >= 4 is 38.7 Å². The van der Waals surface area contributed by atoms with Crippen LogP contribution in [0.25, 0.3) is 27.6 Å². The highest BCUT2D eigenvalue weighted by molar-refractivity contribution is 8.15. The maximum Gasteiger partial charge on any atom is 0.145 e. The summed E-state index contributed by atoms with van der Waals surface area (Å²) in [5.41, 5.74) is 10.5. The summed E-state index contributed by atoms with van der Waals surface area (Å²) in [6.45, 7) is 21.5. The molecule has 0 N–H and O–H groups in total. The van der Waals surface area contributed by atoms with Crippen molar-refractivity contribution in [3.05, 3.63) is 130 Å². The van der Waals surface area contributed by atoms with Crippen LogP contribution in [-0.2, 0) is 16.5 Å². The maximum atomic E-state index is 9.46. The number of benzene rings is 4. The first-order valence-electron chi connectivity index (χ1n) is 18.7. The van der Waals surface area contributed by atoms with E-state index in [0.29, 0.717) is 0 Å². The molecule has 50 heavy (non-hydrogen) atoms. The summed E-state index contributed by atoms with van der Waals surface area (Å²) in [5.74, 6) is 1.73. The lowest BCUT2D eigenvalue weighted by molar-refractivity contribution is 0.407. The van der Waals surface area contributed by atoms with E-state index in [0.717, 1.165) is 77.7 Å². The summed E-state index contributed by atoms with van der Waals surface area (Å²) >= 11 is 1.68. The van der Waals surface area contributed by atoms with E-state index in [1.807, 2.05) is 26.1 Å². The van der Waals surface area contributed by atoms with Gasteiger partial charge in [0.1, 0.15) is 17.1 Å². The van der Waals surface area contributed by atoms with Crippen molar-refractivity contribution in [2.45, 2.75) is 97.2 Å². The van der Waals surface area contributed by atoms with Gasteiger partial charge in [0.05, 0.1) is 26.5 Å². The summed E-state index contributed by atoms with van der Waals surface area (Å²) in [4.78, 5) is 10.2. The van der Waals surface area contributed by atoms with Crippen LogP contribution in [0.1, 0.15) is 102 Å². The molecule has 0 radical (unpaired) electrons. The molecule has 5 heteroatoms. The first-order valence-corrected chi connectivity index (χ1v) is 18.5. The quantitative estimate of drug-likeness (QED) is 0.182. The van der Waals surface area contributed by atoms with E-state index in [9.17, 15) is 2.74 Å². The van der Waals surface area contributed by atoms with Crippen LogP contribution in [0.2, 0.25) is 0 Å². The Labute approximate surface area is 303 Å². The topological polar surface area (TPSA) is 39.4 Å². The fourth-order valence-corrected chi connectivity index (χ4v) is 9.02. The third kappa shape index (κ3) is 5.11. The molecule has 0 saturated carbocycles. The van der Waals surface area contributed by atoms with E-state index in [1.54, 1.807) is 11.8 Å². The van der Waals surface area contributed by atoms with Gasteiger partial charge in [-0.3, -0.25) is 9.56 Å². The number of hydrogen-bond donors (Lipinski definition) is 0. The smallest absolute Gasteiger partial charge is 0.145 e. The minimum atomic E-state index is -1.62. The van der Waals surface area contributed by atoms with E-state index in [-0.39, 0.29) is 11.3 Å². The highest BCUT2D eigenvalue weighted by Gasteiger charge is 2.57. The Hall–Kier alpha value is -4.35. The monoisotopic (exact) mass is 679 g/mol. The average Bonchev–Trinajstić information content (AvgIpc) is 3.61. The molecule has 6 aromatic rings. The van der Waals surface area contributed by atoms with Crippen molar-refractivity contribution in [1.29, 1.82) is 0 Å². The Morgan fingerprint density at radius 2 is 1.68 bits per heavy atom. The lowest BCUT2D eigenvalue weighted by Gasteiger charge is -2.31. The number of aromatic nitrogens is 2. The van der Waals surface area contributed by atoms with Crippen molar-refractivity contribution < 1.29 is 7.48 Å². The van der Waals surface area contributed by atoms with Crippen molar-refractivity contribution in [3.63, 3.8) is 0 Å². The number of thioether (sulfide) groups is 1. The molecule has 0 amide bonds. The summed E-state index contributed by atoms with van der Waals surface area (Å²) in [5, 5.41) is 3.16. The van der Waals surface area contributed by atoms with Crippen LogP contribution in [0.4, 0.5) is 0 Å². The minimum Gasteiger partial charge on any atom is -0.457 e. The van der Waals surface area contributed by atoms with Crippen LogP contribution in [-0.4, -0.2) is 20.1 Å². The van der Waals surface area contributed by atoms with Crippen LogP contribution in [0.15, 0.2) is 90.1 Å². The zero-order chi connectivity index (χ0) is 37.1. The van der Waals surface area contributed by atoms with Gasteiger partial charge in [0.2, 0.25) is 0 Å². The third-order valence-electron chi connectivity index (χ3n) is 10.9. The molecule has 4 aromatic carbocycles. The lowest BCUT2D eigenvalue weighted by atomic mass is 9.86. The van der Waals surface area contributed by atoms with Gasteiger partial charge in [-0.25, -0.2) is 4.98 Å². The van der Waals surface area contributed by atoms with E-state index >= 15 is 0 Å². The molecule has 0 saturated heterocycles. The number of pyridine rings is 1. The van der Waals surface area contributed by atoms with Crippen LogP contribution in [0.5, 0.6) is 11.5 Å². The minimum absolute atomic E-state index is 0.0313. The normalized spacial score (nSPS) is 21.7. The third-order valence-corrected chi connectivity index (χ3v) is 12.5. The van der Waals surface area contributed by atoms with Gasteiger partial charge in [0.15, 0.2) is 0 Å². The maximum absolute atomic E-state index is 9.46. The Morgan fingerprint density at radius 3 is 2.44 bits per heavy atom. The fraction of sp³-hybridized carbons (Fsp3) is 0.333. The molecule has 2 aromatic heterocycles. The van der Waals surface area contributed by atoms with Crippen molar-refractivity contribution in [3.8, 4) is 17.2 Å².